The summed E-state index contributed by atoms with van der Waals surface area (Å²) >= 11 is 0. The normalized spacial score (nSPS) is 14.4. The molecule has 1 aliphatic heterocycles. The van der Waals surface area contributed by atoms with Crippen molar-refractivity contribution in [3.05, 3.63) is 78.1 Å². The van der Waals surface area contributed by atoms with Crippen LogP contribution in [0.5, 0.6) is 17.2 Å². The van der Waals surface area contributed by atoms with E-state index in [-0.39, 0.29) is 21.9 Å². The van der Waals surface area contributed by atoms with Crippen molar-refractivity contribution in [3.63, 3.8) is 0 Å². The molecule has 1 N–H and O–H groups in total. The molecule has 0 radical (unpaired) electrons. The fraction of sp³-hybridized carbons (Fsp3) is 0.240. The lowest BCUT2D eigenvalue weighted by molar-refractivity contribution is 0.102. The highest BCUT2D eigenvalue weighted by Gasteiger charge is 2.27. The Morgan fingerprint density at radius 1 is 0.912 bits per heavy atom. The number of nitrogens with one attached hydrogen (secondary N) is 1. The van der Waals surface area contributed by atoms with Gasteiger partial charge in [0.25, 0.3) is 5.91 Å². The molecule has 1 saturated heterocycles. The fourth-order valence-corrected chi connectivity index (χ4v) is 5.27. The molecule has 4 rings (SSSR count). The van der Waals surface area contributed by atoms with Gasteiger partial charge in [-0.05, 0) is 67.4 Å². The first-order valence-electron chi connectivity index (χ1n) is 10.9. The summed E-state index contributed by atoms with van der Waals surface area (Å²) in [5.41, 5.74) is 0.382. The van der Waals surface area contributed by atoms with Gasteiger partial charge in [-0.15, -0.1) is 0 Å². The van der Waals surface area contributed by atoms with Crippen molar-refractivity contribution < 1.29 is 27.1 Å². The van der Waals surface area contributed by atoms with Gasteiger partial charge in [0, 0.05) is 18.7 Å². The minimum atomic E-state index is -3.74. The molecule has 0 unspecified atom stereocenters. The van der Waals surface area contributed by atoms with Crippen LogP contribution >= 0.6 is 0 Å². The van der Waals surface area contributed by atoms with Gasteiger partial charge in [0.2, 0.25) is 10.0 Å². The summed E-state index contributed by atoms with van der Waals surface area (Å²) in [5.74, 6) is 0.110. The Hall–Kier alpha value is -3.43. The highest BCUT2D eigenvalue weighted by Crippen LogP contribution is 2.37. The SMILES string of the molecule is COc1ccccc1Oc1ccc(S(=O)(=O)N2CCCCC2)cc1NC(=O)c1ccc(F)cc1. The predicted octanol–water partition coefficient (Wildman–Crippen LogP) is 5.05. The molecule has 1 amide bonds. The number of hydrogen-bond donors (Lipinski definition) is 1. The molecular weight excluding hydrogens is 459 g/mol. The van der Waals surface area contributed by atoms with Gasteiger partial charge in [-0.25, -0.2) is 12.8 Å². The monoisotopic (exact) mass is 484 g/mol. The summed E-state index contributed by atoms with van der Waals surface area (Å²) in [6.07, 6.45) is 2.61. The van der Waals surface area contributed by atoms with Gasteiger partial charge >= 0.3 is 0 Å². The fourth-order valence-electron chi connectivity index (χ4n) is 3.73. The number of benzene rings is 3. The molecule has 0 atom stereocenters. The van der Waals surface area contributed by atoms with Crippen molar-refractivity contribution in [1.29, 1.82) is 0 Å². The van der Waals surface area contributed by atoms with Gasteiger partial charge < -0.3 is 14.8 Å². The number of para-hydroxylation sites is 2. The first-order valence-corrected chi connectivity index (χ1v) is 12.3. The van der Waals surface area contributed by atoms with E-state index < -0.39 is 21.7 Å². The Balaban J connectivity index is 1.71. The van der Waals surface area contributed by atoms with E-state index in [0.29, 0.717) is 24.6 Å². The minimum Gasteiger partial charge on any atom is -0.493 e. The molecule has 1 heterocycles. The van der Waals surface area contributed by atoms with Gasteiger partial charge in [-0.2, -0.15) is 4.31 Å². The van der Waals surface area contributed by atoms with Gasteiger partial charge in [0.15, 0.2) is 17.2 Å². The van der Waals surface area contributed by atoms with Crippen LogP contribution in [0.3, 0.4) is 0 Å². The number of nitrogens with zero attached hydrogens (tertiary/aromatic N) is 1. The average Bonchev–Trinajstić information content (AvgIpc) is 2.86. The Labute approximate surface area is 198 Å². The van der Waals surface area contributed by atoms with Crippen LogP contribution in [0.15, 0.2) is 71.6 Å². The molecule has 3 aromatic carbocycles. The Bertz CT molecular complexity index is 1270. The summed E-state index contributed by atoms with van der Waals surface area (Å²) in [4.78, 5) is 12.9. The zero-order valence-electron chi connectivity index (χ0n) is 18.7. The number of carbonyl (C=O) groups is 1. The lowest BCUT2D eigenvalue weighted by Gasteiger charge is -2.26. The topological polar surface area (TPSA) is 84.9 Å². The molecule has 7 nitrogen and oxygen atoms in total. The first kappa shape index (κ1) is 23.7. The van der Waals surface area contributed by atoms with E-state index >= 15 is 0 Å². The summed E-state index contributed by atoms with van der Waals surface area (Å²) in [6, 6.07) is 16.4. The zero-order valence-corrected chi connectivity index (χ0v) is 19.5. The standard InChI is InChI=1S/C25H25FN2O5S/c1-32-23-7-3-4-8-24(23)33-22-14-13-20(34(30,31)28-15-5-2-6-16-28)17-21(22)27-25(29)18-9-11-19(26)12-10-18/h3-4,7-14,17H,2,5-6,15-16H2,1H3,(H,27,29). The largest absolute Gasteiger partial charge is 0.493 e. The summed E-state index contributed by atoms with van der Waals surface area (Å²) in [6.45, 7) is 0.915. The highest BCUT2D eigenvalue weighted by atomic mass is 32.2. The molecule has 34 heavy (non-hydrogen) atoms. The Morgan fingerprint density at radius 3 is 2.26 bits per heavy atom. The van der Waals surface area contributed by atoms with Crippen LogP contribution in [0.25, 0.3) is 0 Å². The number of halogens is 1. The van der Waals surface area contributed by atoms with Crippen LogP contribution in [0.4, 0.5) is 10.1 Å². The molecule has 1 fully saturated rings. The summed E-state index contributed by atoms with van der Waals surface area (Å²) in [7, 11) is -2.23. The predicted molar refractivity (Wildman–Crippen MR) is 126 cm³/mol. The molecule has 9 heteroatoms. The number of carbonyl (C=O) groups excluding carboxylic acids is 1. The van der Waals surface area contributed by atoms with Crippen molar-refractivity contribution in [1.82, 2.24) is 4.31 Å². The second-order valence-electron chi connectivity index (χ2n) is 7.84. The quantitative estimate of drug-likeness (QED) is 0.507. The number of hydrogen-bond acceptors (Lipinski definition) is 5. The van der Waals surface area contributed by atoms with E-state index in [1.807, 2.05) is 0 Å². The Morgan fingerprint density at radius 2 is 1.59 bits per heavy atom. The number of piperidine rings is 1. The smallest absolute Gasteiger partial charge is 0.255 e. The molecule has 0 aliphatic carbocycles. The molecule has 1 aliphatic rings. The zero-order chi connectivity index (χ0) is 24.1. The number of methoxy groups -OCH3 is 1. The number of anilines is 1. The molecule has 3 aromatic rings. The van der Waals surface area contributed by atoms with Gasteiger partial charge in [-0.3, -0.25) is 4.79 Å². The number of sulfonamides is 1. The summed E-state index contributed by atoms with van der Waals surface area (Å²) < 4.78 is 52.5. The first-order chi connectivity index (χ1) is 16.4. The van der Waals surface area contributed by atoms with Crippen LogP contribution in [-0.4, -0.2) is 38.8 Å². The molecule has 0 bridgehead atoms. The van der Waals surface area contributed by atoms with E-state index in [1.54, 1.807) is 24.3 Å². The molecular formula is C25H25FN2O5S. The van der Waals surface area contributed by atoms with Crippen LogP contribution in [-0.2, 0) is 10.0 Å². The van der Waals surface area contributed by atoms with Crippen LogP contribution in [0, 0.1) is 5.82 Å². The number of amides is 1. The number of ether oxygens (including phenoxy) is 2. The maximum absolute atomic E-state index is 13.3. The van der Waals surface area contributed by atoms with Gasteiger partial charge in [-0.1, -0.05) is 18.6 Å². The second-order valence-corrected chi connectivity index (χ2v) is 9.77. The molecule has 178 valence electrons. The lowest BCUT2D eigenvalue weighted by Crippen LogP contribution is -2.35. The van der Waals surface area contributed by atoms with Crippen molar-refractivity contribution in [3.8, 4) is 17.2 Å². The molecule has 0 spiro atoms. The van der Waals surface area contributed by atoms with Crippen molar-refractivity contribution in [2.24, 2.45) is 0 Å². The van der Waals surface area contributed by atoms with E-state index in [0.717, 1.165) is 19.3 Å². The van der Waals surface area contributed by atoms with Crippen LogP contribution < -0.4 is 14.8 Å². The van der Waals surface area contributed by atoms with Crippen molar-refractivity contribution >= 4 is 21.6 Å². The Kier molecular flexibility index (Phi) is 7.14. The lowest BCUT2D eigenvalue weighted by atomic mass is 10.2. The van der Waals surface area contributed by atoms with Gasteiger partial charge in [0.1, 0.15) is 5.82 Å². The van der Waals surface area contributed by atoms with E-state index in [2.05, 4.69) is 5.32 Å². The van der Waals surface area contributed by atoms with E-state index in [9.17, 15) is 17.6 Å². The third kappa shape index (κ3) is 5.21. The highest BCUT2D eigenvalue weighted by molar-refractivity contribution is 7.89. The average molecular weight is 485 g/mol. The van der Waals surface area contributed by atoms with Crippen LogP contribution in [0.1, 0.15) is 29.6 Å². The van der Waals surface area contributed by atoms with Gasteiger partial charge in [0.05, 0.1) is 17.7 Å². The minimum absolute atomic E-state index is 0.0520. The van der Waals surface area contributed by atoms with E-state index in [1.165, 1.54) is 53.9 Å². The maximum Gasteiger partial charge on any atom is 0.255 e. The third-order valence-corrected chi connectivity index (χ3v) is 7.44. The van der Waals surface area contributed by atoms with E-state index in [4.69, 9.17) is 9.47 Å². The molecule has 0 aromatic heterocycles. The van der Waals surface area contributed by atoms with Crippen LogP contribution in [0.2, 0.25) is 0 Å². The van der Waals surface area contributed by atoms with Crippen molar-refractivity contribution in [2.45, 2.75) is 24.2 Å². The third-order valence-electron chi connectivity index (χ3n) is 5.55. The molecule has 0 saturated carbocycles. The number of rotatable bonds is 7. The maximum atomic E-state index is 13.3. The van der Waals surface area contributed by atoms with Crippen molar-refractivity contribution in [2.75, 3.05) is 25.5 Å². The second kappa shape index (κ2) is 10.2. The summed E-state index contributed by atoms with van der Waals surface area (Å²) in [5, 5.41) is 2.71.